The average molecular weight is 443 g/mol. The van der Waals surface area contributed by atoms with Crippen molar-refractivity contribution in [1.82, 2.24) is 0 Å². The second-order valence-electron chi connectivity index (χ2n) is 6.03. The Hall–Kier alpha value is -1.93. The molecule has 152 valence electrons. The fourth-order valence-corrected chi connectivity index (χ4v) is 3.35. The Balaban J connectivity index is 2.06. The first-order valence-corrected chi connectivity index (χ1v) is 10.3. The van der Waals surface area contributed by atoms with E-state index in [0.29, 0.717) is 35.5 Å². The molecule has 0 heterocycles. The number of phenolic OH excluding ortho intramolecular Hbond substituents is 2. The molecule has 6 nitrogen and oxygen atoms in total. The van der Waals surface area contributed by atoms with E-state index < -0.39 is 0 Å². The summed E-state index contributed by atoms with van der Waals surface area (Å²) in [6, 6.07) is 10.7. The maximum atomic E-state index is 9.76. The van der Waals surface area contributed by atoms with Crippen LogP contribution in [-0.4, -0.2) is 46.7 Å². The zero-order chi connectivity index (χ0) is 20.5. The molecule has 0 aliphatic rings. The van der Waals surface area contributed by atoms with Gasteiger partial charge in [0.1, 0.15) is 0 Å². The predicted molar refractivity (Wildman–Crippen MR) is 122 cm³/mol. The Labute approximate surface area is 180 Å². The number of hydrogen-bond acceptors (Lipinski definition) is 5. The largest absolute Gasteiger partial charge is 0.504 e. The minimum absolute atomic E-state index is 0.193. The number of alkyl halides is 2. The molecule has 2 rings (SSSR count). The minimum atomic E-state index is -0.228. The van der Waals surface area contributed by atoms with Crippen LogP contribution in [0.15, 0.2) is 36.4 Å². The lowest BCUT2D eigenvalue weighted by molar-refractivity contribution is 0.403. The number of hydrogen-bond donors (Lipinski definition) is 5. The summed E-state index contributed by atoms with van der Waals surface area (Å²) >= 11 is 17.1. The van der Waals surface area contributed by atoms with Gasteiger partial charge in [0.05, 0.1) is 0 Å². The molecule has 0 amide bonds. The van der Waals surface area contributed by atoms with Crippen LogP contribution in [0.25, 0.3) is 0 Å². The number of halogens is 2. The molecule has 0 bridgehead atoms. The quantitative estimate of drug-likeness (QED) is 0.175. The molecule has 0 aliphatic heterocycles. The number of aromatic hydroxyl groups is 2. The van der Waals surface area contributed by atoms with Crippen LogP contribution >= 0.6 is 35.4 Å². The van der Waals surface area contributed by atoms with Crippen LogP contribution in [0.3, 0.4) is 0 Å². The van der Waals surface area contributed by atoms with Gasteiger partial charge in [0.15, 0.2) is 16.6 Å². The predicted octanol–water partition coefficient (Wildman–Crippen LogP) is 3.69. The van der Waals surface area contributed by atoms with Crippen molar-refractivity contribution in [3.05, 3.63) is 42.0 Å². The van der Waals surface area contributed by atoms with E-state index in [2.05, 4.69) is 15.5 Å². The van der Waals surface area contributed by atoms with Crippen LogP contribution in [-0.2, 0) is 6.42 Å². The van der Waals surface area contributed by atoms with Crippen LogP contribution < -0.4 is 21.3 Å². The van der Waals surface area contributed by atoms with Crippen LogP contribution in [0.2, 0.25) is 0 Å². The number of rotatable bonds is 9. The fraction of sp³-hybridized carbons (Fsp3) is 0.316. The lowest BCUT2D eigenvalue weighted by atomic mass is 10.1. The van der Waals surface area contributed by atoms with Gasteiger partial charge in [0.2, 0.25) is 0 Å². The number of benzene rings is 2. The molecule has 2 aromatic carbocycles. The first-order chi connectivity index (χ1) is 13.5. The summed E-state index contributed by atoms with van der Waals surface area (Å²) in [5.74, 6) is 0.626. The van der Waals surface area contributed by atoms with E-state index in [4.69, 9.17) is 41.2 Å². The normalized spacial score (nSPS) is 10.5. The molecule has 6 N–H and O–H groups in total. The maximum absolute atomic E-state index is 9.76. The first-order valence-electron chi connectivity index (χ1n) is 8.78. The van der Waals surface area contributed by atoms with E-state index in [1.165, 1.54) is 12.1 Å². The zero-order valence-electron chi connectivity index (χ0n) is 15.3. The molecule has 0 spiro atoms. The van der Waals surface area contributed by atoms with Gasteiger partial charge in [-0.2, -0.15) is 0 Å². The van der Waals surface area contributed by atoms with Gasteiger partial charge >= 0.3 is 0 Å². The van der Waals surface area contributed by atoms with E-state index in [1.807, 2.05) is 24.3 Å². The highest BCUT2D eigenvalue weighted by Crippen LogP contribution is 2.31. The van der Waals surface area contributed by atoms with Crippen molar-refractivity contribution in [2.45, 2.75) is 6.42 Å². The topological polar surface area (TPSA) is 93.8 Å². The third-order valence-corrected chi connectivity index (χ3v) is 4.60. The fourth-order valence-electron chi connectivity index (χ4n) is 2.71. The van der Waals surface area contributed by atoms with E-state index in [0.717, 1.165) is 30.0 Å². The molecule has 0 saturated carbocycles. The van der Waals surface area contributed by atoms with Crippen LogP contribution in [0, 0.1) is 0 Å². The molecule has 0 aliphatic carbocycles. The molecule has 9 heteroatoms. The Morgan fingerprint density at radius 3 is 2.18 bits per heavy atom. The Morgan fingerprint density at radius 1 is 1.00 bits per heavy atom. The average Bonchev–Trinajstić information content (AvgIpc) is 2.66. The molecular weight excluding hydrogens is 419 g/mol. The first kappa shape index (κ1) is 22.4. The monoisotopic (exact) mass is 442 g/mol. The number of anilines is 3. The smallest absolute Gasteiger partial charge is 0.175 e. The van der Waals surface area contributed by atoms with E-state index >= 15 is 0 Å². The Bertz CT molecular complexity index is 784. The minimum Gasteiger partial charge on any atom is -0.504 e. The summed E-state index contributed by atoms with van der Waals surface area (Å²) < 4.78 is 0. The molecule has 0 fully saturated rings. The molecule has 2 aromatic rings. The summed E-state index contributed by atoms with van der Waals surface area (Å²) in [7, 11) is 0. The van der Waals surface area contributed by atoms with Crippen LogP contribution in [0.4, 0.5) is 17.1 Å². The van der Waals surface area contributed by atoms with Crippen molar-refractivity contribution in [3.63, 3.8) is 0 Å². The number of thiocarbonyl (C=S) groups is 1. The van der Waals surface area contributed by atoms with Crippen molar-refractivity contribution in [3.8, 4) is 11.5 Å². The summed E-state index contributed by atoms with van der Waals surface area (Å²) in [4.78, 5) is 2.11. The summed E-state index contributed by atoms with van der Waals surface area (Å²) in [6.07, 6.45) is 0.532. The third kappa shape index (κ3) is 6.31. The van der Waals surface area contributed by atoms with Crippen molar-refractivity contribution in [2.75, 3.05) is 46.9 Å². The molecule has 0 aromatic heterocycles. The molecule has 0 atom stereocenters. The van der Waals surface area contributed by atoms with Crippen molar-refractivity contribution < 1.29 is 10.2 Å². The molecule has 0 saturated heterocycles. The van der Waals surface area contributed by atoms with Gasteiger partial charge in [-0.05, 0) is 61.1 Å². The van der Waals surface area contributed by atoms with Gasteiger partial charge in [-0.1, -0.05) is 0 Å². The summed E-state index contributed by atoms with van der Waals surface area (Å²) in [6.45, 7) is 1.84. The maximum Gasteiger partial charge on any atom is 0.175 e. The highest BCUT2D eigenvalue weighted by atomic mass is 35.5. The Kier molecular flexibility index (Phi) is 8.92. The van der Waals surface area contributed by atoms with Gasteiger partial charge in [0.25, 0.3) is 0 Å². The van der Waals surface area contributed by atoms with Crippen LogP contribution in [0.1, 0.15) is 5.56 Å². The zero-order valence-corrected chi connectivity index (χ0v) is 17.6. The van der Waals surface area contributed by atoms with Crippen molar-refractivity contribution >= 4 is 57.6 Å². The second-order valence-corrected chi connectivity index (χ2v) is 7.19. The SMILES string of the molecule is NCCc1cc(O)c(O)cc1NC(=S)Nc1ccc(N(CCCl)CCCl)cc1. The Morgan fingerprint density at radius 2 is 1.61 bits per heavy atom. The molecule has 28 heavy (non-hydrogen) atoms. The lowest BCUT2D eigenvalue weighted by Gasteiger charge is -2.23. The highest BCUT2D eigenvalue weighted by Gasteiger charge is 2.10. The van der Waals surface area contributed by atoms with E-state index in [-0.39, 0.29) is 11.5 Å². The van der Waals surface area contributed by atoms with Crippen LogP contribution in [0.5, 0.6) is 11.5 Å². The van der Waals surface area contributed by atoms with Gasteiger partial charge in [-0.25, -0.2) is 0 Å². The molecule has 0 unspecified atom stereocenters. The number of phenols is 2. The highest BCUT2D eigenvalue weighted by molar-refractivity contribution is 7.80. The van der Waals surface area contributed by atoms with E-state index in [1.54, 1.807) is 0 Å². The van der Waals surface area contributed by atoms with Crippen molar-refractivity contribution in [2.24, 2.45) is 5.73 Å². The van der Waals surface area contributed by atoms with E-state index in [9.17, 15) is 10.2 Å². The standard InChI is InChI=1S/C19H24Cl2N4O2S/c20-6-9-25(10-7-21)15-3-1-14(2-4-15)23-19(28)24-16-12-18(27)17(26)11-13(16)5-8-22/h1-4,11-12,26-27H,5-10,22H2,(H2,23,24,28). The van der Waals surface area contributed by atoms with Gasteiger partial charge in [-0.3, -0.25) is 0 Å². The number of nitrogens with one attached hydrogen (secondary N) is 2. The number of nitrogens with two attached hydrogens (primary N) is 1. The van der Waals surface area contributed by atoms with Crippen molar-refractivity contribution in [1.29, 1.82) is 0 Å². The van der Waals surface area contributed by atoms with Gasteiger partial charge in [-0.15, -0.1) is 23.2 Å². The lowest BCUT2D eigenvalue weighted by Crippen LogP contribution is -2.27. The summed E-state index contributed by atoms with van der Waals surface area (Å²) in [5.41, 5.74) is 8.79. The third-order valence-electron chi connectivity index (χ3n) is 4.06. The molecular formula is C19H24Cl2N4O2S. The van der Waals surface area contributed by atoms with Gasteiger partial charge in [0, 0.05) is 48.0 Å². The van der Waals surface area contributed by atoms with Gasteiger partial charge < -0.3 is 31.5 Å². The second kappa shape index (κ2) is 11.2. The summed E-state index contributed by atoms with van der Waals surface area (Å²) in [5, 5.41) is 25.9. The number of nitrogens with zero attached hydrogens (tertiary/aromatic N) is 1. The molecule has 0 radical (unpaired) electrons.